The van der Waals surface area contributed by atoms with Crippen molar-refractivity contribution in [3.05, 3.63) is 0 Å². The number of hydrogen-bond donors (Lipinski definition) is 1. The molecule has 4 unspecified atom stereocenters. The number of carbonyl (C=O) groups is 1. The van der Waals surface area contributed by atoms with Gasteiger partial charge in [0.1, 0.15) is 0 Å². The zero-order valence-corrected chi connectivity index (χ0v) is 12.0. The van der Waals surface area contributed by atoms with E-state index >= 15 is 0 Å². The number of fused-ring (bicyclic) bond motifs is 1. The number of carbonyl (C=O) groups excluding carboxylic acids is 1. The van der Waals surface area contributed by atoms with Crippen molar-refractivity contribution in [2.24, 2.45) is 29.4 Å². The van der Waals surface area contributed by atoms with E-state index in [9.17, 15) is 4.79 Å². The van der Waals surface area contributed by atoms with Gasteiger partial charge in [0.25, 0.3) is 0 Å². The second-order valence-electron chi connectivity index (χ2n) is 6.35. The summed E-state index contributed by atoms with van der Waals surface area (Å²) in [6.45, 7) is 3.94. The van der Waals surface area contributed by atoms with Gasteiger partial charge in [-0.1, -0.05) is 19.8 Å². The molecule has 4 atom stereocenters. The van der Waals surface area contributed by atoms with Crippen molar-refractivity contribution < 1.29 is 4.79 Å². The lowest BCUT2D eigenvalue weighted by Gasteiger charge is -2.35. The molecule has 3 aliphatic rings. The molecule has 0 aromatic rings. The summed E-state index contributed by atoms with van der Waals surface area (Å²) in [7, 11) is 0. The number of nitrogens with two attached hydrogens (primary N) is 1. The number of rotatable bonds is 1. The molecule has 2 saturated carbocycles. The fourth-order valence-electron chi connectivity index (χ4n) is 3.93. The molecule has 1 aliphatic heterocycles. The topological polar surface area (TPSA) is 46.3 Å². The molecule has 3 nitrogen and oxygen atoms in total. The van der Waals surface area contributed by atoms with E-state index in [1.165, 1.54) is 25.7 Å². The normalized spacial score (nSPS) is 42.8. The zero-order valence-electron chi connectivity index (χ0n) is 11.2. The number of halogens is 1. The van der Waals surface area contributed by atoms with Crippen LogP contribution in [0.3, 0.4) is 0 Å². The molecular formula is C14H25ClN2O. The average molecular weight is 273 g/mol. The number of nitrogens with zero attached hydrogens (tertiary/aromatic N) is 1. The summed E-state index contributed by atoms with van der Waals surface area (Å²) >= 11 is 0. The highest BCUT2D eigenvalue weighted by atomic mass is 35.5. The van der Waals surface area contributed by atoms with Crippen LogP contribution in [0.1, 0.15) is 39.0 Å². The van der Waals surface area contributed by atoms with Crippen LogP contribution in [0.5, 0.6) is 0 Å². The van der Waals surface area contributed by atoms with Crippen LogP contribution in [0.25, 0.3) is 0 Å². The Balaban J connectivity index is 0.00000120. The number of likely N-dealkylation sites (tertiary alicyclic amines) is 1. The van der Waals surface area contributed by atoms with Gasteiger partial charge in [0, 0.05) is 25.0 Å². The van der Waals surface area contributed by atoms with E-state index in [4.69, 9.17) is 5.73 Å². The van der Waals surface area contributed by atoms with E-state index in [2.05, 4.69) is 11.8 Å². The first-order valence-corrected chi connectivity index (χ1v) is 7.23. The molecule has 104 valence electrons. The molecular weight excluding hydrogens is 248 g/mol. The van der Waals surface area contributed by atoms with Gasteiger partial charge in [-0.3, -0.25) is 4.79 Å². The highest BCUT2D eigenvalue weighted by Crippen LogP contribution is 2.56. The molecule has 2 N–H and O–H groups in total. The summed E-state index contributed by atoms with van der Waals surface area (Å²) in [5, 5.41) is 0. The van der Waals surface area contributed by atoms with Crippen molar-refractivity contribution in [1.29, 1.82) is 0 Å². The molecule has 0 bridgehead atoms. The lowest BCUT2D eigenvalue weighted by Crippen LogP contribution is -2.48. The van der Waals surface area contributed by atoms with Crippen LogP contribution in [-0.4, -0.2) is 29.9 Å². The van der Waals surface area contributed by atoms with E-state index in [0.29, 0.717) is 23.8 Å². The quantitative estimate of drug-likeness (QED) is 0.794. The van der Waals surface area contributed by atoms with Gasteiger partial charge in [0.2, 0.25) is 5.91 Å². The van der Waals surface area contributed by atoms with Gasteiger partial charge in [-0.15, -0.1) is 12.4 Å². The summed E-state index contributed by atoms with van der Waals surface area (Å²) in [6.07, 6.45) is 6.25. The van der Waals surface area contributed by atoms with Crippen LogP contribution < -0.4 is 5.73 Å². The second-order valence-corrected chi connectivity index (χ2v) is 6.35. The Hall–Kier alpha value is -0.280. The van der Waals surface area contributed by atoms with E-state index in [1.807, 2.05) is 0 Å². The van der Waals surface area contributed by atoms with Gasteiger partial charge in [-0.2, -0.15) is 0 Å². The van der Waals surface area contributed by atoms with Crippen molar-refractivity contribution in [2.45, 2.75) is 45.1 Å². The van der Waals surface area contributed by atoms with E-state index < -0.39 is 0 Å². The molecule has 0 aromatic carbocycles. The van der Waals surface area contributed by atoms with Crippen LogP contribution in [0.4, 0.5) is 0 Å². The summed E-state index contributed by atoms with van der Waals surface area (Å²) in [6, 6.07) is 0.292. The molecule has 1 saturated heterocycles. The lowest BCUT2D eigenvalue weighted by molar-refractivity contribution is -0.135. The van der Waals surface area contributed by atoms with Crippen molar-refractivity contribution >= 4 is 18.3 Å². The third-order valence-electron chi connectivity index (χ3n) is 5.22. The summed E-state index contributed by atoms with van der Waals surface area (Å²) in [5.41, 5.74) is 6.01. The molecule has 0 radical (unpaired) electrons. The molecule has 4 heteroatoms. The molecule has 18 heavy (non-hydrogen) atoms. The van der Waals surface area contributed by atoms with Crippen LogP contribution in [0.2, 0.25) is 0 Å². The Morgan fingerprint density at radius 1 is 1.17 bits per heavy atom. The summed E-state index contributed by atoms with van der Waals surface area (Å²) in [4.78, 5) is 14.6. The summed E-state index contributed by atoms with van der Waals surface area (Å²) in [5.74, 6) is 2.78. The average Bonchev–Trinajstić information content (AvgIpc) is 3.06. The number of hydrogen-bond acceptors (Lipinski definition) is 2. The zero-order chi connectivity index (χ0) is 12.0. The molecule has 1 heterocycles. The van der Waals surface area contributed by atoms with Crippen molar-refractivity contribution in [3.63, 3.8) is 0 Å². The number of amides is 1. The first kappa shape index (κ1) is 14.1. The first-order chi connectivity index (χ1) is 8.18. The predicted octanol–water partition coefficient (Wildman–Crippen LogP) is 2.04. The Morgan fingerprint density at radius 3 is 2.33 bits per heavy atom. The van der Waals surface area contributed by atoms with E-state index in [1.54, 1.807) is 0 Å². The van der Waals surface area contributed by atoms with Crippen LogP contribution in [0, 0.1) is 23.7 Å². The van der Waals surface area contributed by atoms with E-state index in [0.717, 1.165) is 31.3 Å². The Bertz CT molecular complexity index is 311. The fourth-order valence-corrected chi connectivity index (χ4v) is 3.93. The maximum absolute atomic E-state index is 12.5. The molecule has 1 amide bonds. The standard InChI is InChI=1S/C14H24N2O.ClH/c1-9-8-16(7-6-12(9)15)14(17)13-10-4-2-3-5-11(10)13;/h9-13H,2-8,15H2,1H3;1H. The minimum Gasteiger partial charge on any atom is -0.342 e. The van der Waals surface area contributed by atoms with Crippen LogP contribution in [-0.2, 0) is 4.79 Å². The Kier molecular flexibility index (Phi) is 4.22. The SMILES string of the molecule is CC1CN(C(=O)C2C3CCCCC32)CCC1N.Cl. The molecule has 0 spiro atoms. The maximum atomic E-state index is 12.5. The molecule has 0 aromatic heterocycles. The van der Waals surface area contributed by atoms with Gasteiger partial charge in [0.15, 0.2) is 0 Å². The van der Waals surface area contributed by atoms with Gasteiger partial charge in [-0.25, -0.2) is 0 Å². The smallest absolute Gasteiger partial charge is 0.226 e. The summed E-state index contributed by atoms with van der Waals surface area (Å²) < 4.78 is 0. The largest absolute Gasteiger partial charge is 0.342 e. The Morgan fingerprint density at radius 2 is 1.78 bits per heavy atom. The van der Waals surface area contributed by atoms with Crippen LogP contribution >= 0.6 is 12.4 Å². The van der Waals surface area contributed by atoms with Crippen LogP contribution in [0.15, 0.2) is 0 Å². The number of piperidine rings is 1. The van der Waals surface area contributed by atoms with Gasteiger partial charge < -0.3 is 10.6 Å². The highest BCUT2D eigenvalue weighted by Gasteiger charge is 2.55. The fraction of sp³-hybridized carbons (Fsp3) is 0.929. The van der Waals surface area contributed by atoms with Gasteiger partial charge in [0.05, 0.1) is 0 Å². The molecule has 3 fully saturated rings. The predicted molar refractivity (Wildman–Crippen MR) is 74.5 cm³/mol. The monoisotopic (exact) mass is 272 g/mol. The van der Waals surface area contributed by atoms with Gasteiger partial charge in [-0.05, 0) is 37.0 Å². The minimum atomic E-state index is 0. The Labute approximate surface area is 116 Å². The van der Waals surface area contributed by atoms with Crippen molar-refractivity contribution in [1.82, 2.24) is 4.90 Å². The third kappa shape index (κ3) is 2.39. The maximum Gasteiger partial charge on any atom is 0.226 e. The molecule has 3 rings (SSSR count). The lowest BCUT2D eigenvalue weighted by atomic mass is 9.94. The van der Waals surface area contributed by atoms with Gasteiger partial charge >= 0.3 is 0 Å². The third-order valence-corrected chi connectivity index (χ3v) is 5.22. The van der Waals surface area contributed by atoms with E-state index in [-0.39, 0.29) is 12.4 Å². The minimum absolute atomic E-state index is 0. The first-order valence-electron chi connectivity index (χ1n) is 7.23. The second kappa shape index (κ2) is 5.38. The van der Waals surface area contributed by atoms with Crippen molar-refractivity contribution in [2.75, 3.05) is 13.1 Å². The molecule has 2 aliphatic carbocycles. The van der Waals surface area contributed by atoms with Crippen molar-refractivity contribution in [3.8, 4) is 0 Å². The highest BCUT2D eigenvalue weighted by molar-refractivity contribution is 5.85.